The number of rotatable bonds is 6. The van der Waals surface area contributed by atoms with Gasteiger partial charge >= 0.3 is 0 Å². The maximum atomic E-state index is 5.34. The van der Waals surface area contributed by atoms with Gasteiger partial charge in [-0.1, -0.05) is 152 Å². The van der Waals surface area contributed by atoms with Crippen molar-refractivity contribution >= 4 is 44.0 Å². The number of fused-ring (bicyclic) bond motifs is 6. The predicted molar refractivity (Wildman–Crippen MR) is 218 cm³/mol. The average molecular weight is 680 g/mol. The van der Waals surface area contributed by atoms with Crippen molar-refractivity contribution in [3.05, 3.63) is 205 Å². The van der Waals surface area contributed by atoms with Gasteiger partial charge in [0.05, 0.1) is 16.7 Å². The van der Waals surface area contributed by atoms with Crippen molar-refractivity contribution in [2.24, 2.45) is 4.99 Å². The van der Waals surface area contributed by atoms with Crippen LogP contribution in [0.3, 0.4) is 0 Å². The van der Waals surface area contributed by atoms with Crippen LogP contribution in [0, 0.1) is 0 Å². The average Bonchev–Trinajstić information content (AvgIpc) is 3.66. The van der Waals surface area contributed by atoms with E-state index in [1.54, 1.807) is 0 Å². The molecule has 0 saturated carbocycles. The quantitative estimate of drug-likeness (QED) is 0.178. The molecule has 53 heavy (non-hydrogen) atoms. The van der Waals surface area contributed by atoms with Gasteiger partial charge in [-0.05, 0) is 62.9 Å². The third-order valence-corrected chi connectivity index (χ3v) is 10.1. The predicted octanol–water partition coefficient (Wildman–Crippen LogP) is 11.2. The van der Waals surface area contributed by atoms with Crippen LogP contribution in [-0.4, -0.2) is 20.2 Å². The first kappa shape index (κ1) is 30.7. The first-order chi connectivity index (χ1) is 26.3. The summed E-state index contributed by atoms with van der Waals surface area (Å²) in [6, 6.07) is 59.5. The van der Waals surface area contributed by atoms with Gasteiger partial charge in [0.1, 0.15) is 12.0 Å². The number of hydrogen-bond donors (Lipinski definition) is 1. The van der Waals surface area contributed by atoms with E-state index in [1.807, 2.05) is 30.6 Å². The Morgan fingerprint density at radius 2 is 1.08 bits per heavy atom. The highest BCUT2D eigenvalue weighted by molar-refractivity contribution is 6.24. The normalized spacial score (nSPS) is 14.2. The second kappa shape index (κ2) is 12.9. The van der Waals surface area contributed by atoms with Gasteiger partial charge in [0, 0.05) is 40.1 Å². The molecule has 0 radical (unpaired) electrons. The van der Waals surface area contributed by atoms with E-state index in [0.717, 1.165) is 78.1 Å². The molecule has 0 amide bonds. The summed E-state index contributed by atoms with van der Waals surface area (Å²) in [5.74, 6) is 0.902. The van der Waals surface area contributed by atoms with Gasteiger partial charge in [0.2, 0.25) is 0 Å². The Morgan fingerprint density at radius 1 is 0.491 bits per heavy atom. The molecule has 0 aliphatic carbocycles. The van der Waals surface area contributed by atoms with Gasteiger partial charge in [-0.15, -0.1) is 0 Å². The molecule has 0 bridgehead atoms. The van der Waals surface area contributed by atoms with Crippen molar-refractivity contribution < 1.29 is 0 Å². The SMILES string of the molecule is C1=C(c2ccc(-c3ccc(-n4c(-c5ccccc5)nc5c6ccccc6c6ccncc6c54)cc3)cc2)NC(c2ccccc2)N=C1c1ccccc1. The minimum absolute atomic E-state index is 0.176. The molecular weight excluding hydrogens is 647 g/mol. The van der Waals surface area contributed by atoms with Crippen LogP contribution >= 0.6 is 0 Å². The van der Waals surface area contributed by atoms with Crippen LogP contribution in [0.4, 0.5) is 0 Å². The lowest BCUT2D eigenvalue weighted by atomic mass is 9.99. The molecule has 9 aromatic rings. The summed E-state index contributed by atoms with van der Waals surface area (Å²) in [5, 5.41) is 8.24. The monoisotopic (exact) mass is 679 g/mol. The highest BCUT2D eigenvalue weighted by atomic mass is 15.1. The zero-order chi connectivity index (χ0) is 35.1. The van der Waals surface area contributed by atoms with Crippen molar-refractivity contribution in [3.8, 4) is 28.2 Å². The van der Waals surface area contributed by atoms with Crippen molar-refractivity contribution in [2.75, 3.05) is 0 Å². The minimum atomic E-state index is -0.176. The second-order valence-electron chi connectivity index (χ2n) is 13.3. The Morgan fingerprint density at radius 3 is 1.79 bits per heavy atom. The first-order valence-corrected chi connectivity index (χ1v) is 17.9. The lowest BCUT2D eigenvalue weighted by Gasteiger charge is -2.25. The number of aromatic nitrogens is 3. The van der Waals surface area contributed by atoms with E-state index in [-0.39, 0.29) is 6.17 Å². The Balaban J connectivity index is 1.04. The summed E-state index contributed by atoms with van der Waals surface area (Å²) < 4.78 is 2.30. The molecule has 2 aromatic heterocycles. The Labute approximate surface area is 307 Å². The van der Waals surface area contributed by atoms with Gasteiger partial charge in [0.15, 0.2) is 0 Å². The smallest absolute Gasteiger partial charge is 0.145 e. The number of benzene rings is 7. The summed E-state index contributed by atoms with van der Waals surface area (Å²) in [4.78, 5) is 15.0. The van der Waals surface area contributed by atoms with Crippen LogP contribution in [0.2, 0.25) is 0 Å². The van der Waals surface area contributed by atoms with Gasteiger partial charge < -0.3 is 5.32 Å². The van der Waals surface area contributed by atoms with Gasteiger partial charge in [0.25, 0.3) is 0 Å². The topological polar surface area (TPSA) is 55.1 Å². The molecule has 0 fully saturated rings. The van der Waals surface area contributed by atoms with Crippen LogP contribution in [0.5, 0.6) is 0 Å². The number of nitrogens with one attached hydrogen (secondary N) is 1. The second-order valence-corrected chi connectivity index (χ2v) is 13.3. The van der Waals surface area contributed by atoms with E-state index in [2.05, 4.69) is 173 Å². The van der Waals surface area contributed by atoms with E-state index in [0.29, 0.717) is 0 Å². The lowest BCUT2D eigenvalue weighted by molar-refractivity contribution is 0.664. The van der Waals surface area contributed by atoms with Crippen LogP contribution in [-0.2, 0) is 0 Å². The fourth-order valence-corrected chi connectivity index (χ4v) is 7.54. The highest BCUT2D eigenvalue weighted by Crippen LogP contribution is 2.39. The molecule has 1 aliphatic heterocycles. The van der Waals surface area contributed by atoms with Crippen LogP contribution in [0.15, 0.2) is 193 Å². The molecule has 1 atom stereocenters. The Bertz CT molecular complexity index is 2820. The molecule has 1 N–H and O–H groups in total. The van der Waals surface area contributed by atoms with E-state index < -0.39 is 0 Å². The number of pyridine rings is 1. The minimum Gasteiger partial charge on any atom is -0.360 e. The summed E-state index contributed by atoms with van der Waals surface area (Å²) in [6.45, 7) is 0. The molecule has 0 spiro atoms. The molecule has 250 valence electrons. The van der Waals surface area contributed by atoms with Crippen molar-refractivity contribution in [1.29, 1.82) is 0 Å². The summed E-state index contributed by atoms with van der Waals surface area (Å²) in [7, 11) is 0. The summed E-state index contributed by atoms with van der Waals surface area (Å²) in [6.07, 6.45) is 5.82. The third kappa shape index (κ3) is 5.47. The molecule has 10 rings (SSSR count). The van der Waals surface area contributed by atoms with E-state index in [9.17, 15) is 0 Å². The molecule has 7 aromatic carbocycles. The number of aliphatic imine (C=N–C) groups is 1. The number of allylic oxidation sites excluding steroid dienone is 1. The van der Waals surface area contributed by atoms with Gasteiger partial charge in [-0.2, -0.15) is 0 Å². The third-order valence-electron chi connectivity index (χ3n) is 10.1. The van der Waals surface area contributed by atoms with Crippen molar-refractivity contribution in [2.45, 2.75) is 6.17 Å². The number of imidazole rings is 1. The highest BCUT2D eigenvalue weighted by Gasteiger charge is 2.21. The van der Waals surface area contributed by atoms with Gasteiger partial charge in [-0.3, -0.25) is 14.5 Å². The molecule has 5 heteroatoms. The molecule has 5 nitrogen and oxygen atoms in total. The maximum absolute atomic E-state index is 5.34. The maximum Gasteiger partial charge on any atom is 0.145 e. The standard InChI is InChI=1S/C48H33N5/c1-4-12-34(13-5-1)43-30-44(51-47(50-43)36-14-6-2-7-15-36)35-22-20-32(21-23-35)33-24-26-38(27-25-33)53-46-42-31-49-29-28-40(42)39-18-10-11-19-41(39)45(46)52-48(53)37-16-8-3-9-17-37/h1-31,47,51H. The molecule has 1 aliphatic rings. The largest absolute Gasteiger partial charge is 0.360 e. The van der Waals surface area contributed by atoms with Crippen LogP contribution < -0.4 is 5.32 Å². The van der Waals surface area contributed by atoms with E-state index in [4.69, 9.17) is 9.98 Å². The first-order valence-electron chi connectivity index (χ1n) is 17.9. The summed E-state index contributed by atoms with van der Waals surface area (Å²) in [5.41, 5.74) is 11.8. The summed E-state index contributed by atoms with van der Waals surface area (Å²) >= 11 is 0. The molecule has 3 heterocycles. The Kier molecular flexibility index (Phi) is 7.47. The lowest BCUT2D eigenvalue weighted by Crippen LogP contribution is -2.24. The van der Waals surface area contributed by atoms with Gasteiger partial charge in [-0.25, -0.2) is 4.98 Å². The van der Waals surface area contributed by atoms with Crippen molar-refractivity contribution in [3.63, 3.8) is 0 Å². The zero-order valence-electron chi connectivity index (χ0n) is 28.8. The number of hydrogen-bond acceptors (Lipinski definition) is 4. The fraction of sp³-hybridized carbons (Fsp3) is 0.0208. The van der Waals surface area contributed by atoms with Crippen LogP contribution in [0.1, 0.15) is 22.9 Å². The van der Waals surface area contributed by atoms with E-state index >= 15 is 0 Å². The fourth-order valence-electron chi connectivity index (χ4n) is 7.54. The number of nitrogens with zero attached hydrogens (tertiary/aromatic N) is 4. The molecule has 1 unspecified atom stereocenters. The van der Waals surface area contributed by atoms with Crippen LogP contribution in [0.25, 0.3) is 66.5 Å². The van der Waals surface area contributed by atoms with E-state index in [1.165, 1.54) is 10.8 Å². The zero-order valence-corrected chi connectivity index (χ0v) is 28.8. The van der Waals surface area contributed by atoms with Crippen molar-refractivity contribution in [1.82, 2.24) is 19.9 Å². The Hall–Kier alpha value is -7.11. The molecular formula is C48H33N5. The molecule has 0 saturated heterocycles.